The van der Waals surface area contributed by atoms with Gasteiger partial charge in [0.15, 0.2) is 6.29 Å². The maximum atomic E-state index is 11.0. The Morgan fingerprint density at radius 1 is 1.69 bits per heavy atom. The second-order valence-corrected chi connectivity index (χ2v) is 4.11. The van der Waals surface area contributed by atoms with E-state index in [4.69, 9.17) is 10.5 Å². The lowest BCUT2D eigenvalue weighted by atomic mass is 10.2. The Morgan fingerprint density at radius 2 is 2.50 bits per heavy atom. The van der Waals surface area contributed by atoms with Crippen LogP contribution in [0.2, 0.25) is 0 Å². The number of ether oxygens (including phenoxy) is 1. The van der Waals surface area contributed by atoms with Gasteiger partial charge < -0.3 is 10.5 Å². The minimum Gasteiger partial charge on any atom is -0.383 e. The largest absolute Gasteiger partial charge is 0.383 e. The van der Waals surface area contributed by atoms with E-state index in [1.54, 1.807) is 7.11 Å². The molecule has 2 rings (SSSR count). The molecule has 84 valence electrons. The Kier molecular flexibility index (Phi) is 3.02. The first-order chi connectivity index (χ1) is 7.77. The highest BCUT2D eigenvalue weighted by molar-refractivity contribution is 7.13. The molecular weight excluding hydrogens is 226 g/mol. The second kappa shape index (κ2) is 4.46. The predicted octanol–water partition coefficient (Wildman–Crippen LogP) is 1.61. The molecule has 0 aliphatic carbocycles. The zero-order valence-corrected chi connectivity index (χ0v) is 9.53. The third kappa shape index (κ3) is 1.72. The van der Waals surface area contributed by atoms with E-state index < -0.39 is 0 Å². The monoisotopic (exact) mass is 237 g/mol. The van der Waals surface area contributed by atoms with E-state index in [9.17, 15) is 4.79 Å². The maximum absolute atomic E-state index is 11.0. The Hall–Kier alpha value is -1.66. The van der Waals surface area contributed by atoms with Crippen LogP contribution in [-0.4, -0.2) is 23.2 Å². The molecule has 0 unspecified atom stereocenters. The Labute approximate surface area is 96.4 Å². The average Bonchev–Trinajstić information content (AvgIpc) is 2.88. The second-order valence-electron chi connectivity index (χ2n) is 3.16. The number of nitrogens with two attached hydrogens (primary N) is 1. The number of methoxy groups -OCH3 is 1. The molecule has 5 nitrogen and oxygen atoms in total. The lowest BCUT2D eigenvalue weighted by Gasteiger charge is -2.00. The average molecular weight is 237 g/mol. The van der Waals surface area contributed by atoms with Crippen molar-refractivity contribution in [3.05, 3.63) is 23.1 Å². The van der Waals surface area contributed by atoms with Crippen molar-refractivity contribution >= 4 is 23.4 Å². The lowest BCUT2D eigenvalue weighted by Crippen LogP contribution is -2.06. The van der Waals surface area contributed by atoms with Crippen molar-refractivity contribution in [3.8, 4) is 10.6 Å². The van der Waals surface area contributed by atoms with Crippen LogP contribution in [0, 0.1) is 0 Å². The zero-order chi connectivity index (χ0) is 11.5. The topological polar surface area (TPSA) is 70.1 Å². The normalized spacial score (nSPS) is 10.6. The van der Waals surface area contributed by atoms with Crippen molar-refractivity contribution in [2.75, 3.05) is 12.8 Å². The SMILES string of the molecule is COCn1nc(-c2cccs2)c(C=O)c1N. The van der Waals surface area contributed by atoms with Crippen LogP contribution in [0.25, 0.3) is 10.6 Å². The first-order valence-corrected chi connectivity index (χ1v) is 5.50. The van der Waals surface area contributed by atoms with Crippen molar-refractivity contribution < 1.29 is 9.53 Å². The van der Waals surface area contributed by atoms with E-state index in [0.29, 0.717) is 17.1 Å². The fourth-order valence-corrected chi connectivity index (χ4v) is 2.14. The molecule has 0 amide bonds. The minimum absolute atomic E-state index is 0.234. The Morgan fingerprint density at radius 3 is 3.06 bits per heavy atom. The number of aromatic nitrogens is 2. The summed E-state index contributed by atoms with van der Waals surface area (Å²) in [5, 5.41) is 6.18. The number of carbonyl (C=O) groups is 1. The van der Waals surface area contributed by atoms with Crippen LogP contribution in [0.1, 0.15) is 10.4 Å². The number of thiophene rings is 1. The maximum Gasteiger partial charge on any atom is 0.156 e. The number of carbonyl (C=O) groups excluding carboxylic acids is 1. The first-order valence-electron chi connectivity index (χ1n) is 4.62. The van der Waals surface area contributed by atoms with Gasteiger partial charge in [0, 0.05) is 7.11 Å². The summed E-state index contributed by atoms with van der Waals surface area (Å²) in [5.74, 6) is 0.334. The third-order valence-electron chi connectivity index (χ3n) is 2.15. The van der Waals surface area contributed by atoms with Crippen LogP contribution < -0.4 is 5.73 Å². The molecule has 2 N–H and O–H groups in total. The van der Waals surface area contributed by atoms with Gasteiger partial charge in [-0.25, -0.2) is 4.68 Å². The highest BCUT2D eigenvalue weighted by Gasteiger charge is 2.16. The number of nitrogens with zero attached hydrogens (tertiary/aromatic N) is 2. The van der Waals surface area contributed by atoms with Gasteiger partial charge in [0.25, 0.3) is 0 Å². The molecule has 0 saturated carbocycles. The highest BCUT2D eigenvalue weighted by atomic mass is 32.1. The minimum atomic E-state index is 0.234. The smallest absolute Gasteiger partial charge is 0.156 e. The van der Waals surface area contributed by atoms with E-state index >= 15 is 0 Å². The van der Waals surface area contributed by atoms with Crippen molar-refractivity contribution in [2.24, 2.45) is 0 Å². The van der Waals surface area contributed by atoms with Gasteiger partial charge in [0.1, 0.15) is 18.2 Å². The fraction of sp³-hybridized carbons (Fsp3) is 0.200. The van der Waals surface area contributed by atoms with E-state index in [0.717, 1.165) is 11.2 Å². The van der Waals surface area contributed by atoms with Gasteiger partial charge in [-0.2, -0.15) is 5.10 Å². The molecule has 0 fully saturated rings. The summed E-state index contributed by atoms with van der Waals surface area (Å²) in [6, 6.07) is 3.80. The summed E-state index contributed by atoms with van der Waals surface area (Å²) >= 11 is 1.51. The molecule has 2 aromatic heterocycles. The quantitative estimate of drug-likeness (QED) is 0.820. The number of nitrogen functional groups attached to an aromatic ring is 1. The molecule has 2 aromatic rings. The number of anilines is 1. The number of hydrogen-bond acceptors (Lipinski definition) is 5. The van der Waals surface area contributed by atoms with Gasteiger partial charge in [0.2, 0.25) is 0 Å². The molecule has 0 spiro atoms. The number of rotatable bonds is 4. The van der Waals surface area contributed by atoms with E-state index in [1.165, 1.54) is 16.0 Å². The van der Waals surface area contributed by atoms with Gasteiger partial charge in [-0.3, -0.25) is 4.79 Å². The molecule has 0 saturated heterocycles. The molecule has 0 radical (unpaired) electrons. The molecule has 16 heavy (non-hydrogen) atoms. The number of aldehydes is 1. The summed E-state index contributed by atoms with van der Waals surface area (Å²) < 4.78 is 6.42. The summed E-state index contributed by atoms with van der Waals surface area (Å²) in [4.78, 5) is 11.9. The molecule has 0 aliphatic heterocycles. The van der Waals surface area contributed by atoms with E-state index in [2.05, 4.69) is 5.10 Å². The molecule has 0 atom stereocenters. The molecule has 0 bridgehead atoms. The molecule has 0 aromatic carbocycles. The van der Waals surface area contributed by atoms with Crippen LogP contribution in [0.5, 0.6) is 0 Å². The van der Waals surface area contributed by atoms with E-state index in [-0.39, 0.29) is 6.73 Å². The van der Waals surface area contributed by atoms with Crippen LogP contribution in [0.4, 0.5) is 5.82 Å². The summed E-state index contributed by atoms with van der Waals surface area (Å²) in [6.07, 6.45) is 0.726. The first kappa shape index (κ1) is 10.8. The van der Waals surface area contributed by atoms with Gasteiger partial charge in [0.05, 0.1) is 10.4 Å². The van der Waals surface area contributed by atoms with Crippen molar-refractivity contribution in [1.29, 1.82) is 0 Å². The van der Waals surface area contributed by atoms with Crippen molar-refractivity contribution in [3.63, 3.8) is 0 Å². The number of hydrogen-bond donors (Lipinski definition) is 1. The molecule has 2 heterocycles. The Bertz CT molecular complexity index is 490. The fourth-order valence-electron chi connectivity index (χ4n) is 1.42. The molecule has 6 heteroatoms. The van der Waals surface area contributed by atoms with E-state index in [1.807, 2.05) is 17.5 Å². The van der Waals surface area contributed by atoms with Gasteiger partial charge >= 0.3 is 0 Å². The summed E-state index contributed by atoms with van der Waals surface area (Å²) in [6.45, 7) is 0.234. The van der Waals surface area contributed by atoms with Crippen LogP contribution in [0.3, 0.4) is 0 Å². The van der Waals surface area contributed by atoms with Crippen LogP contribution in [0.15, 0.2) is 17.5 Å². The standard InChI is InChI=1S/C10H11N3O2S/c1-15-6-13-10(11)7(5-14)9(12-13)8-3-2-4-16-8/h2-5H,6,11H2,1H3. The molecule has 0 aliphatic rings. The lowest BCUT2D eigenvalue weighted by molar-refractivity contribution is 0.112. The van der Waals surface area contributed by atoms with Crippen molar-refractivity contribution in [1.82, 2.24) is 9.78 Å². The predicted molar refractivity (Wildman–Crippen MR) is 62.3 cm³/mol. The Balaban J connectivity index is 2.53. The van der Waals surface area contributed by atoms with Crippen molar-refractivity contribution in [2.45, 2.75) is 6.73 Å². The van der Waals surface area contributed by atoms with Gasteiger partial charge in [-0.15, -0.1) is 11.3 Å². The zero-order valence-electron chi connectivity index (χ0n) is 8.71. The van der Waals surface area contributed by atoms with Crippen LogP contribution >= 0.6 is 11.3 Å². The highest BCUT2D eigenvalue weighted by Crippen LogP contribution is 2.29. The third-order valence-corrected chi connectivity index (χ3v) is 3.03. The summed E-state index contributed by atoms with van der Waals surface area (Å²) in [5.41, 5.74) is 6.83. The van der Waals surface area contributed by atoms with Crippen LogP contribution in [-0.2, 0) is 11.5 Å². The van der Waals surface area contributed by atoms with Gasteiger partial charge in [-0.1, -0.05) is 6.07 Å². The summed E-state index contributed by atoms with van der Waals surface area (Å²) in [7, 11) is 1.55. The van der Waals surface area contributed by atoms with Gasteiger partial charge in [-0.05, 0) is 11.4 Å². The molecular formula is C10H11N3O2S.